The van der Waals surface area contributed by atoms with Crippen LogP contribution in [0, 0.1) is 5.41 Å². The monoisotopic (exact) mass is 569 g/mol. The van der Waals surface area contributed by atoms with Crippen LogP contribution in [0.3, 0.4) is 0 Å². The van der Waals surface area contributed by atoms with Gasteiger partial charge >= 0.3 is 0 Å². The van der Waals surface area contributed by atoms with E-state index in [2.05, 4.69) is 94.4 Å². The Morgan fingerprint density at radius 3 is 1.95 bits per heavy atom. The van der Waals surface area contributed by atoms with E-state index >= 15 is 0 Å². The zero-order valence-electron chi connectivity index (χ0n) is 25.6. The molecule has 0 radical (unpaired) electrons. The summed E-state index contributed by atoms with van der Waals surface area (Å²) >= 11 is 0. The topological polar surface area (TPSA) is 48.6 Å². The summed E-state index contributed by atoms with van der Waals surface area (Å²) in [6.45, 7) is 9.50. The van der Waals surface area contributed by atoms with Crippen molar-refractivity contribution in [2.75, 3.05) is 0 Å². The largest absolute Gasteiger partial charge is 0.282 e. The number of fused-ring (bicyclic) bond motifs is 6. The molecule has 0 spiro atoms. The second-order valence-electron chi connectivity index (χ2n) is 12.7. The highest BCUT2D eigenvalue weighted by Gasteiger charge is 2.45. The Balaban J connectivity index is 1.43. The van der Waals surface area contributed by atoms with Crippen molar-refractivity contribution in [3.8, 4) is 11.1 Å². The molecule has 1 N–H and O–H groups in total. The smallest absolute Gasteiger partial charge is 0.161 e. The molecule has 7 rings (SSSR count). The van der Waals surface area contributed by atoms with Crippen molar-refractivity contribution in [1.82, 2.24) is 0 Å². The van der Waals surface area contributed by atoms with E-state index in [1.54, 1.807) is 0 Å². The number of amidine groups is 2. The van der Waals surface area contributed by atoms with Crippen LogP contribution in [-0.4, -0.2) is 17.9 Å². The molecule has 0 bridgehead atoms. The van der Waals surface area contributed by atoms with Crippen molar-refractivity contribution in [2.45, 2.75) is 38.5 Å². The Morgan fingerprint density at radius 2 is 1.18 bits per heavy atom. The van der Waals surface area contributed by atoms with Gasteiger partial charge in [0.15, 0.2) is 11.7 Å². The third-order valence-electron chi connectivity index (χ3n) is 9.76. The molecular formula is C41H35N3. The first-order valence-corrected chi connectivity index (χ1v) is 15.2. The molecule has 0 aromatic heterocycles. The lowest BCUT2D eigenvalue weighted by Gasteiger charge is -2.48. The normalized spacial score (nSPS) is 15.3. The highest BCUT2D eigenvalue weighted by molar-refractivity contribution is 6.16. The zero-order chi connectivity index (χ0) is 30.5. The lowest BCUT2D eigenvalue weighted by molar-refractivity contribution is 0.299. The minimum atomic E-state index is -0.0813. The predicted molar refractivity (Wildman–Crippen MR) is 187 cm³/mol. The van der Waals surface area contributed by atoms with E-state index in [1.807, 2.05) is 66.9 Å². The SMILES string of the molecule is CC1(C)c2ccccc2-c2cc3ccc4ccc(C(N=Cc5ccccc5)=NC(=N)c5ccccc5)cc4c3cc2C1(C)C. The minimum Gasteiger partial charge on any atom is -0.282 e. The van der Waals surface area contributed by atoms with Crippen LogP contribution in [0.25, 0.3) is 32.7 Å². The average Bonchev–Trinajstić information content (AvgIpc) is 3.06. The Bertz CT molecular complexity index is 2120. The van der Waals surface area contributed by atoms with Crippen LogP contribution in [0.2, 0.25) is 0 Å². The second kappa shape index (κ2) is 10.5. The van der Waals surface area contributed by atoms with E-state index in [-0.39, 0.29) is 16.7 Å². The summed E-state index contributed by atoms with van der Waals surface area (Å²) < 4.78 is 0. The highest BCUT2D eigenvalue weighted by atomic mass is 14.9. The van der Waals surface area contributed by atoms with Crippen molar-refractivity contribution < 1.29 is 0 Å². The Kier molecular flexibility index (Phi) is 6.62. The molecule has 0 saturated heterocycles. The summed E-state index contributed by atoms with van der Waals surface area (Å²) in [6, 6.07) is 44.1. The van der Waals surface area contributed by atoms with Crippen molar-refractivity contribution in [3.05, 3.63) is 155 Å². The van der Waals surface area contributed by atoms with Gasteiger partial charge in [-0.1, -0.05) is 137 Å². The molecule has 6 aromatic carbocycles. The van der Waals surface area contributed by atoms with E-state index in [0.29, 0.717) is 5.84 Å². The van der Waals surface area contributed by atoms with Gasteiger partial charge in [0.05, 0.1) is 0 Å². The molecule has 1 aliphatic rings. The summed E-state index contributed by atoms with van der Waals surface area (Å²) in [5.41, 5.74) is 7.90. The maximum atomic E-state index is 8.77. The Morgan fingerprint density at radius 1 is 0.568 bits per heavy atom. The third kappa shape index (κ3) is 4.57. The van der Waals surface area contributed by atoms with E-state index in [9.17, 15) is 0 Å². The van der Waals surface area contributed by atoms with Crippen molar-refractivity contribution >= 4 is 39.4 Å². The molecule has 0 saturated carbocycles. The van der Waals surface area contributed by atoms with Crippen LogP contribution in [0.1, 0.15) is 55.5 Å². The van der Waals surface area contributed by atoms with Gasteiger partial charge in [0.25, 0.3) is 0 Å². The van der Waals surface area contributed by atoms with E-state index in [0.717, 1.165) is 22.1 Å². The lowest BCUT2D eigenvalue weighted by atomic mass is 9.55. The first-order chi connectivity index (χ1) is 21.2. The Labute approximate surface area is 259 Å². The van der Waals surface area contributed by atoms with Crippen molar-refractivity contribution in [2.24, 2.45) is 9.98 Å². The van der Waals surface area contributed by atoms with Crippen LogP contribution < -0.4 is 0 Å². The van der Waals surface area contributed by atoms with Gasteiger partial charge in [-0.3, -0.25) is 5.41 Å². The van der Waals surface area contributed by atoms with Gasteiger partial charge in [-0.15, -0.1) is 0 Å². The van der Waals surface area contributed by atoms with Crippen molar-refractivity contribution in [1.29, 1.82) is 5.41 Å². The van der Waals surface area contributed by atoms with Crippen LogP contribution in [0.5, 0.6) is 0 Å². The second-order valence-corrected chi connectivity index (χ2v) is 12.7. The van der Waals surface area contributed by atoms with Crippen LogP contribution in [0.4, 0.5) is 0 Å². The molecule has 214 valence electrons. The summed E-state index contributed by atoms with van der Waals surface area (Å²) in [4.78, 5) is 9.60. The Hall–Kier alpha value is -5.15. The number of nitrogens with zero attached hydrogens (tertiary/aromatic N) is 2. The molecule has 0 atom stereocenters. The predicted octanol–water partition coefficient (Wildman–Crippen LogP) is 10.1. The fraction of sp³-hybridized carbons (Fsp3) is 0.146. The van der Waals surface area contributed by atoms with Crippen LogP contribution >= 0.6 is 0 Å². The van der Waals surface area contributed by atoms with Gasteiger partial charge < -0.3 is 0 Å². The highest BCUT2D eigenvalue weighted by Crippen LogP contribution is 2.54. The summed E-state index contributed by atoms with van der Waals surface area (Å²) in [5, 5.41) is 13.5. The molecule has 0 amide bonds. The molecule has 3 heteroatoms. The first-order valence-electron chi connectivity index (χ1n) is 15.2. The van der Waals surface area contributed by atoms with E-state index < -0.39 is 0 Å². The maximum Gasteiger partial charge on any atom is 0.161 e. The van der Waals surface area contributed by atoms with Gasteiger partial charge in [0.1, 0.15) is 0 Å². The molecule has 0 heterocycles. The van der Waals surface area contributed by atoms with E-state index in [4.69, 9.17) is 15.4 Å². The molecule has 1 aliphatic carbocycles. The van der Waals surface area contributed by atoms with Gasteiger partial charge in [-0.2, -0.15) is 0 Å². The number of nitrogens with one attached hydrogen (secondary N) is 1. The molecule has 3 nitrogen and oxygen atoms in total. The fourth-order valence-corrected chi connectivity index (χ4v) is 6.53. The summed E-state index contributed by atoms with van der Waals surface area (Å²) in [5.74, 6) is 0.690. The van der Waals surface area contributed by atoms with Crippen LogP contribution in [-0.2, 0) is 10.8 Å². The summed E-state index contributed by atoms with van der Waals surface area (Å²) in [6.07, 6.45) is 1.82. The molecule has 0 fully saturated rings. The maximum absolute atomic E-state index is 8.77. The molecule has 44 heavy (non-hydrogen) atoms. The number of benzene rings is 6. The zero-order valence-corrected chi connectivity index (χ0v) is 25.6. The average molecular weight is 570 g/mol. The number of hydrogen-bond donors (Lipinski definition) is 1. The molecule has 0 unspecified atom stereocenters. The summed E-state index contributed by atoms with van der Waals surface area (Å²) in [7, 11) is 0. The number of hydrogen-bond acceptors (Lipinski definition) is 1. The number of aliphatic imine (C=N–C) groups is 2. The molecule has 6 aromatic rings. The van der Waals surface area contributed by atoms with Gasteiger partial charge in [-0.05, 0) is 78.4 Å². The first kappa shape index (κ1) is 27.7. The molecular weight excluding hydrogens is 534 g/mol. The van der Waals surface area contributed by atoms with Crippen molar-refractivity contribution in [3.63, 3.8) is 0 Å². The third-order valence-corrected chi connectivity index (χ3v) is 9.76. The van der Waals surface area contributed by atoms with Gasteiger partial charge in [-0.25, -0.2) is 9.98 Å². The number of rotatable bonds is 3. The standard InChI is InChI=1S/C41H35N3/c1-40(2)36-18-12-11-17-32(36)35-23-30-21-19-28-20-22-31(24-33(28)34(30)25-37(35)41(40,3)4)39(43-26-27-13-7-5-8-14-27)44-38(42)29-15-9-6-10-16-29/h5-26,42H,1-4H3. The van der Waals surface area contributed by atoms with E-state index in [1.165, 1.54) is 38.4 Å². The quantitative estimate of drug-likeness (QED) is 0.125. The fourth-order valence-electron chi connectivity index (χ4n) is 6.53. The lowest BCUT2D eigenvalue weighted by Crippen LogP contribution is -2.43. The minimum absolute atomic E-state index is 0.0379. The molecule has 0 aliphatic heterocycles. The van der Waals surface area contributed by atoms with Gasteiger partial charge in [0, 0.05) is 17.3 Å². The van der Waals surface area contributed by atoms with Gasteiger partial charge in [0.2, 0.25) is 0 Å². The van der Waals surface area contributed by atoms with Crippen LogP contribution in [0.15, 0.2) is 137 Å².